The number of fused-ring (bicyclic) bond motifs is 4. The van der Waals surface area contributed by atoms with E-state index in [0.717, 1.165) is 19.3 Å². The molecule has 2 unspecified atom stereocenters. The third-order valence-corrected chi connectivity index (χ3v) is 11.5. The van der Waals surface area contributed by atoms with Gasteiger partial charge < -0.3 is 0 Å². The molecule has 5 heteroatoms. The van der Waals surface area contributed by atoms with E-state index in [1.165, 1.54) is 22.0 Å². The van der Waals surface area contributed by atoms with Gasteiger partial charge in [0, 0.05) is 0 Å². The second kappa shape index (κ2) is 7.53. The maximum absolute atomic E-state index is 12.8. The van der Waals surface area contributed by atoms with Gasteiger partial charge in [0.05, 0.1) is 0 Å². The van der Waals surface area contributed by atoms with E-state index in [9.17, 15) is 9.90 Å². The third-order valence-electron chi connectivity index (χ3n) is 8.10. The summed E-state index contributed by atoms with van der Waals surface area (Å²) in [5.74, 6) is -0.443. The first-order valence-electron chi connectivity index (χ1n) is 11.0. The zero-order valence-corrected chi connectivity index (χ0v) is 20.4. The molecule has 0 N–H and O–H groups in total. The zero-order chi connectivity index (χ0) is 21.7. The Balaban J connectivity index is 1.89. The minimum absolute atomic E-state index is 0.0178. The van der Waals surface area contributed by atoms with Crippen LogP contribution < -0.4 is 5.11 Å². The second-order valence-corrected chi connectivity index (χ2v) is 11.8. The fourth-order valence-corrected chi connectivity index (χ4v) is 9.80. The molecule has 0 saturated heterocycles. The molecular weight excluding hydrogens is 443 g/mol. The van der Waals surface area contributed by atoms with Gasteiger partial charge in [-0.15, -0.1) is 0 Å². The Kier molecular flexibility index (Phi) is 5.43. The van der Waals surface area contributed by atoms with Gasteiger partial charge in [-0.3, -0.25) is 0 Å². The molecule has 1 spiro atoms. The van der Waals surface area contributed by atoms with Gasteiger partial charge in [-0.2, -0.15) is 0 Å². The van der Waals surface area contributed by atoms with Crippen LogP contribution in [0.5, 0.6) is 0 Å². The molecule has 0 heterocycles. The molecule has 1 aromatic rings. The van der Waals surface area contributed by atoms with Gasteiger partial charge in [0.1, 0.15) is 0 Å². The van der Waals surface area contributed by atoms with E-state index in [1.54, 1.807) is 13.8 Å². The molecule has 0 aliphatic heterocycles. The molecule has 0 aromatic heterocycles. The van der Waals surface area contributed by atoms with Crippen LogP contribution in [0.15, 0.2) is 34.7 Å². The van der Waals surface area contributed by atoms with Crippen LogP contribution in [0.4, 0.5) is 0 Å². The monoisotopic (exact) mass is 476 g/mol. The van der Waals surface area contributed by atoms with Crippen molar-refractivity contribution in [3.05, 3.63) is 45.8 Å². The van der Waals surface area contributed by atoms with Gasteiger partial charge in [-0.25, -0.2) is 0 Å². The van der Waals surface area contributed by atoms with Crippen molar-refractivity contribution in [2.24, 2.45) is 22.2 Å². The van der Waals surface area contributed by atoms with Crippen molar-refractivity contribution in [3.63, 3.8) is 0 Å². The van der Waals surface area contributed by atoms with Crippen molar-refractivity contribution < 1.29 is 19.4 Å². The van der Waals surface area contributed by atoms with Crippen molar-refractivity contribution >= 4 is 24.9 Å². The summed E-state index contributed by atoms with van der Waals surface area (Å²) in [6.45, 7) is 11.2. The first-order valence-corrected chi connectivity index (χ1v) is 12.8. The van der Waals surface area contributed by atoms with Crippen LogP contribution in [-0.2, 0) is 27.1 Å². The first-order chi connectivity index (χ1) is 14.2. The Morgan fingerprint density at radius 1 is 1.10 bits per heavy atom. The quantitative estimate of drug-likeness (QED) is 0.284. The molecule has 0 amide bonds. The van der Waals surface area contributed by atoms with Gasteiger partial charge in [-0.1, -0.05) is 0 Å². The van der Waals surface area contributed by atoms with E-state index in [-0.39, 0.29) is 48.5 Å². The number of benzene rings is 1. The Labute approximate surface area is 185 Å². The van der Waals surface area contributed by atoms with Gasteiger partial charge in [-0.05, 0) is 0 Å². The number of carbonyl (C=O) groups excluding carboxylic acids is 1. The number of hydrogen-bond acceptors (Lipinski definition) is 4. The van der Waals surface area contributed by atoms with Crippen molar-refractivity contribution in [1.82, 2.24) is 0 Å². The van der Waals surface area contributed by atoms with Crippen molar-refractivity contribution in [2.45, 2.75) is 60.3 Å². The molecule has 30 heavy (non-hydrogen) atoms. The molecule has 4 rings (SSSR count). The molecule has 1 aromatic carbocycles. The van der Waals surface area contributed by atoms with Crippen LogP contribution in [0.3, 0.4) is 0 Å². The summed E-state index contributed by atoms with van der Waals surface area (Å²) in [6.07, 6.45) is 4.37. The normalized spacial score (nSPS) is 29.8. The molecule has 0 radical (unpaired) electrons. The maximum atomic E-state index is 12.8. The van der Waals surface area contributed by atoms with Crippen molar-refractivity contribution in [2.75, 3.05) is 13.2 Å². The van der Waals surface area contributed by atoms with Crippen LogP contribution in [0.2, 0.25) is 0 Å². The fraction of sp³-hybridized carbons (Fsp3) is 0.600. The summed E-state index contributed by atoms with van der Waals surface area (Å²) in [4.78, 5) is 12.8. The summed E-state index contributed by atoms with van der Waals surface area (Å²) >= 11 is -0.387. The molecule has 3 aliphatic rings. The number of carbonyl (C=O) groups is 1. The average Bonchev–Trinajstić information content (AvgIpc) is 3.21. The molecule has 162 valence electrons. The molecular formula is C25H32O4Se. The van der Waals surface area contributed by atoms with Crippen molar-refractivity contribution in [3.8, 4) is 0 Å². The molecule has 4 nitrogen and oxygen atoms in total. The number of hydrogen-bond donors (Lipinski definition) is 0. The topological polar surface area (TPSA) is 58.6 Å². The Bertz CT molecular complexity index is 904. The number of esters is 1. The van der Waals surface area contributed by atoms with Crippen LogP contribution in [-0.4, -0.2) is 38.1 Å². The Hall–Kier alpha value is -1.58. The SMILES string of the molecule is CCOC(=O)/C([Se+]=C1C2(Cc3ccccc3C2)C2CCC1(C)C2(C)C)=C(\[O-])OCC. The Morgan fingerprint density at radius 3 is 2.27 bits per heavy atom. The van der Waals surface area contributed by atoms with E-state index in [2.05, 4.69) is 45.0 Å². The first kappa shape index (κ1) is 21.6. The van der Waals surface area contributed by atoms with E-state index in [4.69, 9.17) is 9.47 Å². The summed E-state index contributed by atoms with van der Waals surface area (Å²) < 4.78 is 12.2. The van der Waals surface area contributed by atoms with Crippen LogP contribution in [0.25, 0.3) is 0 Å². The van der Waals surface area contributed by atoms with Crippen LogP contribution >= 0.6 is 0 Å². The average molecular weight is 475 g/mol. The molecule has 2 saturated carbocycles. The number of ether oxygens (including phenoxy) is 2. The van der Waals surface area contributed by atoms with E-state index >= 15 is 0 Å². The zero-order valence-electron chi connectivity index (χ0n) is 18.7. The molecule has 3 aliphatic carbocycles. The van der Waals surface area contributed by atoms with Gasteiger partial charge in [0.25, 0.3) is 0 Å². The second-order valence-electron chi connectivity index (χ2n) is 9.62. The van der Waals surface area contributed by atoms with Crippen LogP contribution in [0.1, 0.15) is 58.6 Å². The van der Waals surface area contributed by atoms with E-state index in [0.29, 0.717) is 5.92 Å². The summed E-state index contributed by atoms with van der Waals surface area (Å²) in [5, 5.41) is 12.8. The predicted molar refractivity (Wildman–Crippen MR) is 117 cm³/mol. The fourth-order valence-electron chi connectivity index (χ4n) is 6.51. The standard InChI is InChI=1S/C25H32O4Se/c1-6-28-20(26)19(21(27)29-7-2)30-22-24(5)13-12-18(23(24,3)4)25(22)14-16-10-8-9-11-17(16)15-25/h8-11,18H,6-7,12-15H2,1-5H3. The van der Waals surface area contributed by atoms with Gasteiger partial charge in [0.2, 0.25) is 0 Å². The predicted octanol–water partition coefficient (Wildman–Crippen LogP) is 3.23. The van der Waals surface area contributed by atoms with Gasteiger partial charge in [0.15, 0.2) is 0 Å². The third kappa shape index (κ3) is 2.92. The molecule has 2 bridgehead atoms. The molecule has 2 fully saturated rings. The Morgan fingerprint density at radius 2 is 1.70 bits per heavy atom. The van der Waals surface area contributed by atoms with E-state index in [1.807, 2.05) is 0 Å². The number of rotatable bonds is 5. The van der Waals surface area contributed by atoms with Crippen LogP contribution in [0, 0.1) is 22.2 Å². The minimum atomic E-state index is -0.502. The van der Waals surface area contributed by atoms with Crippen molar-refractivity contribution in [1.29, 1.82) is 0 Å². The van der Waals surface area contributed by atoms with Gasteiger partial charge >= 0.3 is 186 Å². The summed E-state index contributed by atoms with van der Waals surface area (Å²) in [6, 6.07) is 8.74. The molecule has 2 atom stereocenters. The summed E-state index contributed by atoms with van der Waals surface area (Å²) in [7, 11) is 0. The summed E-state index contributed by atoms with van der Waals surface area (Å²) in [5.41, 5.74) is 3.03. The van der Waals surface area contributed by atoms with E-state index < -0.39 is 11.9 Å².